The minimum atomic E-state index is 0.138. The molecule has 2 nitrogen and oxygen atoms in total. The van der Waals surface area contributed by atoms with Crippen LogP contribution in [0.4, 0.5) is 0 Å². The van der Waals surface area contributed by atoms with Gasteiger partial charge in [-0.1, -0.05) is 29.8 Å². The first-order chi connectivity index (χ1) is 7.09. The molecule has 82 valence electrons. The molecule has 0 N–H and O–H groups in total. The molecule has 0 aliphatic carbocycles. The van der Waals surface area contributed by atoms with Crippen LogP contribution in [0.15, 0.2) is 24.3 Å². The molecule has 0 fully saturated rings. The third-order valence-electron chi connectivity index (χ3n) is 2.62. The molecular formula is C13H19NO. The standard InChI is InChI=1S/C13H19NO/c1-11-6-8-13(9-7-11)5-4-10-14(3)12(2)15/h6-9H,4-5,10H2,1-3H3. The molecule has 1 amide bonds. The van der Waals surface area contributed by atoms with Gasteiger partial charge in [0.05, 0.1) is 0 Å². The number of carbonyl (C=O) groups is 1. The van der Waals surface area contributed by atoms with Gasteiger partial charge in [0.25, 0.3) is 0 Å². The van der Waals surface area contributed by atoms with Crippen molar-refractivity contribution in [2.45, 2.75) is 26.7 Å². The molecule has 0 aliphatic rings. The summed E-state index contributed by atoms with van der Waals surface area (Å²) in [5, 5.41) is 0. The fourth-order valence-electron chi connectivity index (χ4n) is 1.43. The maximum Gasteiger partial charge on any atom is 0.219 e. The first-order valence-electron chi connectivity index (χ1n) is 5.37. The Morgan fingerprint density at radius 2 is 1.87 bits per heavy atom. The first-order valence-corrected chi connectivity index (χ1v) is 5.37. The fourth-order valence-corrected chi connectivity index (χ4v) is 1.43. The Morgan fingerprint density at radius 1 is 1.27 bits per heavy atom. The Bertz CT molecular complexity index is 316. The van der Waals surface area contributed by atoms with E-state index in [-0.39, 0.29) is 5.91 Å². The molecule has 0 saturated carbocycles. The second-order valence-electron chi connectivity index (χ2n) is 4.03. The molecule has 0 unspecified atom stereocenters. The maximum absolute atomic E-state index is 11.0. The van der Waals surface area contributed by atoms with Crippen LogP contribution in [0, 0.1) is 6.92 Å². The Kier molecular flexibility index (Phi) is 4.35. The molecule has 0 heterocycles. The molecular weight excluding hydrogens is 186 g/mol. The van der Waals surface area contributed by atoms with Gasteiger partial charge in [-0.2, -0.15) is 0 Å². The number of amides is 1. The molecule has 0 atom stereocenters. The number of benzene rings is 1. The lowest BCUT2D eigenvalue weighted by Crippen LogP contribution is -2.25. The van der Waals surface area contributed by atoms with Gasteiger partial charge in [-0.15, -0.1) is 0 Å². The molecule has 1 rings (SSSR count). The van der Waals surface area contributed by atoms with Crippen LogP contribution >= 0.6 is 0 Å². The summed E-state index contributed by atoms with van der Waals surface area (Å²) in [7, 11) is 1.84. The average molecular weight is 205 g/mol. The second-order valence-corrected chi connectivity index (χ2v) is 4.03. The monoisotopic (exact) mass is 205 g/mol. The summed E-state index contributed by atoms with van der Waals surface area (Å²) in [5.41, 5.74) is 2.64. The lowest BCUT2D eigenvalue weighted by atomic mass is 10.1. The van der Waals surface area contributed by atoms with Gasteiger partial charge in [0.1, 0.15) is 0 Å². The van der Waals surface area contributed by atoms with E-state index in [0.717, 1.165) is 19.4 Å². The molecule has 15 heavy (non-hydrogen) atoms. The van der Waals surface area contributed by atoms with Crippen molar-refractivity contribution in [3.05, 3.63) is 35.4 Å². The summed E-state index contributed by atoms with van der Waals surface area (Å²) in [6, 6.07) is 8.57. The highest BCUT2D eigenvalue weighted by molar-refractivity contribution is 5.72. The normalized spacial score (nSPS) is 10.1. The van der Waals surface area contributed by atoms with Gasteiger partial charge in [-0.3, -0.25) is 4.79 Å². The SMILES string of the molecule is CC(=O)N(C)CCCc1ccc(C)cc1. The number of nitrogens with zero attached hydrogens (tertiary/aromatic N) is 1. The van der Waals surface area contributed by atoms with Crippen molar-refractivity contribution in [2.24, 2.45) is 0 Å². The van der Waals surface area contributed by atoms with Crippen LogP contribution in [0.5, 0.6) is 0 Å². The molecule has 0 spiro atoms. The fraction of sp³-hybridized carbons (Fsp3) is 0.462. The van der Waals surface area contributed by atoms with Crippen LogP contribution in [0.2, 0.25) is 0 Å². The van der Waals surface area contributed by atoms with Gasteiger partial charge >= 0.3 is 0 Å². The molecule has 1 aromatic carbocycles. The van der Waals surface area contributed by atoms with Crippen molar-refractivity contribution in [2.75, 3.05) is 13.6 Å². The lowest BCUT2D eigenvalue weighted by Gasteiger charge is -2.14. The minimum Gasteiger partial charge on any atom is -0.346 e. The molecule has 1 aromatic rings. The predicted molar refractivity (Wildman–Crippen MR) is 62.8 cm³/mol. The van der Waals surface area contributed by atoms with Crippen molar-refractivity contribution in [3.63, 3.8) is 0 Å². The van der Waals surface area contributed by atoms with Crippen LogP contribution in [-0.2, 0) is 11.2 Å². The third kappa shape index (κ3) is 4.15. The van der Waals surface area contributed by atoms with E-state index in [9.17, 15) is 4.79 Å². The number of carbonyl (C=O) groups excluding carboxylic acids is 1. The van der Waals surface area contributed by atoms with Gasteiger partial charge in [-0.25, -0.2) is 0 Å². The van der Waals surface area contributed by atoms with Crippen LogP contribution in [-0.4, -0.2) is 24.4 Å². The van der Waals surface area contributed by atoms with Crippen molar-refractivity contribution in [1.29, 1.82) is 0 Å². The largest absolute Gasteiger partial charge is 0.346 e. The van der Waals surface area contributed by atoms with Crippen molar-refractivity contribution in [3.8, 4) is 0 Å². The first kappa shape index (κ1) is 11.8. The van der Waals surface area contributed by atoms with Crippen LogP contribution in [0.1, 0.15) is 24.5 Å². The number of aryl methyl sites for hydroxylation is 2. The quantitative estimate of drug-likeness (QED) is 0.739. The topological polar surface area (TPSA) is 20.3 Å². The minimum absolute atomic E-state index is 0.138. The van der Waals surface area contributed by atoms with Gasteiger partial charge in [0, 0.05) is 20.5 Å². The molecule has 0 saturated heterocycles. The number of hydrogen-bond donors (Lipinski definition) is 0. The van der Waals surface area contributed by atoms with Crippen molar-refractivity contribution < 1.29 is 4.79 Å². The van der Waals surface area contributed by atoms with Gasteiger partial charge in [0.2, 0.25) is 5.91 Å². The summed E-state index contributed by atoms with van der Waals surface area (Å²) in [6.45, 7) is 4.53. The zero-order valence-corrected chi connectivity index (χ0v) is 9.79. The van der Waals surface area contributed by atoms with E-state index >= 15 is 0 Å². The van der Waals surface area contributed by atoms with E-state index in [0.29, 0.717) is 0 Å². The Labute approximate surface area is 91.9 Å². The maximum atomic E-state index is 11.0. The molecule has 0 aliphatic heterocycles. The number of rotatable bonds is 4. The van der Waals surface area contributed by atoms with E-state index in [1.54, 1.807) is 11.8 Å². The summed E-state index contributed by atoms with van der Waals surface area (Å²) >= 11 is 0. The van der Waals surface area contributed by atoms with Crippen LogP contribution in [0.25, 0.3) is 0 Å². The predicted octanol–water partition coefficient (Wildman–Crippen LogP) is 2.41. The van der Waals surface area contributed by atoms with E-state index in [1.807, 2.05) is 7.05 Å². The summed E-state index contributed by atoms with van der Waals surface area (Å²) in [6.07, 6.45) is 2.07. The Hall–Kier alpha value is -1.31. The smallest absolute Gasteiger partial charge is 0.219 e. The zero-order valence-electron chi connectivity index (χ0n) is 9.79. The van der Waals surface area contributed by atoms with Crippen molar-refractivity contribution >= 4 is 5.91 Å². The Morgan fingerprint density at radius 3 is 2.40 bits per heavy atom. The molecule has 0 bridgehead atoms. The highest BCUT2D eigenvalue weighted by Gasteiger charge is 2.01. The lowest BCUT2D eigenvalue weighted by molar-refractivity contribution is -0.127. The van der Waals surface area contributed by atoms with Gasteiger partial charge < -0.3 is 4.90 Å². The van der Waals surface area contributed by atoms with Gasteiger partial charge in [-0.05, 0) is 25.3 Å². The van der Waals surface area contributed by atoms with Crippen LogP contribution < -0.4 is 0 Å². The van der Waals surface area contributed by atoms with E-state index in [4.69, 9.17) is 0 Å². The number of hydrogen-bond acceptors (Lipinski definition) is 1. The van der Waals surface area contributed by atoms with E-state index in [2.05, 4.69) is 31.2 Å². The van der Waals surface area contributed by atoms with Crippen LogP contribution in [0.3, 0.4) is 0 Å². The Balaban J connectivity index is 2.32. The average Bonchev–Trinajstić information content (AvgIpc) is 2.20. The van der Waals surface area contributed by atoms with E-state index < -0.39 is 0 Å². The molecule has 2 heteroatoms. The highest BCUT2D eigenvalue weighted by Crippen LogP contribution is 2.06. The molecule has 0 aromatic heterocycles. The summed E-state index contributed by atoms with van der Waals surface area (Å²) in [5.74, 6) is 0.138. The van der Waals surface area contributed by atoms with Gasteiger partial charge in [0.15, 0.2) is 0 Å². The highest BCUT2D eigenvalue weighted by atomic mass is 16.2. The van der Waals surface area contributed by atoms with E-state index in [1.165, 1.54) is 11.1 Å². The van der Waals surface area contributed by atoms with Crippen molar-refractivity contribution in [1.82, 2.24) is 4.90 Å². The third-order valence-corrected chi connectivity index (χ3v) is 2.62. The summed E-state index contributed by atoms with van der Waals surface area (Å²) < 4.78 is 0. The summed E-state index contributed by atoms with van der Waals surface area (Å²) in [4.78, 5) is 12.7. The molecule has 0 radical (unpaired) electrons. The zero-order chi connectivity index (χ0) is 11.3. The second kappa shape index (κ2) is 5.54.